The van der Waals surface area contributed by atoms with Crippen LogP contribution in [0.3, 0.4) is 0 Å². The van der Waals surface area contributed by atoms with Gasteiger partial charge in [0, 0.05) is 32.9 Å². The Hall–Kier alpha value is -0.910. The number of aromatic nitrogens is 2. The third-order valence-corrected chi connectivity index (χ3v) is 4.67. The molecule has 0 radical (unpaired) electrons. The quantitative estimate of drug-likeness (QED) is 0.910. The Balaban J connectivity index is 1.79. The summed E-state index contributed by atoms with van der Waals surface area (Å²) in [5.74, 6) is 0.584. The van der Waals surface area contributed by atoms with Crippen LogP contribution in [0.1, 0.15) is 37.9 Å². The van der Waals surface area contributed by atoms with E-state index in [2.05, 4.69) is 23.4 Å². The lowest BCUT2D eigenvalue weighted by molar-refractivity contribution is -0.103. The average Bonchev–Trinajstić information content (AvgIpc) is 3.06. The zero-order valence-corrected chi connectivity index (χ0v) is 12.5. The number of nitrogens with zero attached hydrogens (tertiary/aromatic N) is 2. The van der Waals surface area contributed by atoms with Crippen LogP contribution in [0.5, 0.6) is 0 Å². The maximum Gasteiger partial charge on any atom is 0.0940 e. The fraction of sp³-hybridized carbons (Fsp3) is 0.800. The summed E-state index contributed by atoms with van der Waals surface area (Å²) in [6.07, 6.45) is 5.10. The Bertz CT molecular complexity index is 440. The molecule has 2 aliphatic heterocycles. The molecule has 112 valence electrons. The smallest absolute Gasteiger partial charge is 0.0940 e. The number of rotatable bonds is 4. The maximum absolute atomic E-state index is 6.06. The van der Waals surface area contributed by atoms with Crippen molar-refractivity contribution in [2.24, 2.45) is 13.0 Å². The van der Waals surface area contributed by atoms with Gasteiger partial charge in [-0.15, -0.1) is 0 Å². The molecule has 2 saturated heterocycles. The first kappa shape index (κ1) is 14.0. The highest BCUT2D eigenvalue weighted by atomic mass is 16.6. The Kier molecular flexibility index (Phi) is 4.10. The molecule has 2 fully saturated rings. The molecule has 3 heterocycles. The van der Waals surface area contributed by atoms with E-state index < -0.39 is 0 Å². The van der Waals surface area contributed by atoms with Crippen LogP contribution in [-0.2, 0) is 16.5 Å². The van der Waals surface area contributed by atoms with Crippen molar-refractivity contribution < 1.29 is 9.47 Å². The third kappa shape index (κ3) is 2.62. The third-order valence-electron chi connectivity index (χ3n) is 4.67. The first-order chi connectivity index (χ1) is 9.74. The highest BCUT2D eigenvalue weighted by Gasteiger charge is 2.43. The molecule has 20 heavy (non-hydrogen) atoms. The molecular weight excluding hydrogens is 254 g/mol. The molecule has 2 aliphatic rings. The lowest BCUT2D eigenvalue weighted by Gasteiger charge is -2.40. The van der Waals surface area contributed by atoms with Gasteiger partial charge in [0.15, 0.2) is 0 Å². The Morgan fingerprint density at radius 1 is 1.55 bits per heavy atom. The summed E-state index contributed by atoms with van der Waals surface area (Å²) in [5, 5.41) is 7.97. The second-order valence-electron chi connectivity index (χ2n) is 6.00. The van der Waals surface area contributed by atoms with E-state index in [4.69, 9.17) is 9.47 Å². The Morgan fingerprint density at radius 2 is 2.45 bits per heavy atom. The van der Waals surface area contributed by atoms with Crippen molar-refractivity contribution in [3.05, 3.63) is 18.0 Å². The minimum absolute atomic E-state index is 0.0326. The van der Waals surface area contributed by atoms with Crippen LogP contribution < -0.4 is 5.32 Å². The highest BCUT2D eigenvalue weighted by molar-refractivity contribution is 5.10. The standard InChI is InChI=1S/C15H25N3O2/c1-3-16-14(13-4-7-17-18(13)2)12-5-8-20-15(10-12)6-9-19-11-15/h4,7,12,14,16H,3,5-6,8-11H2,1-2H3. The van der Waals surface area contributed by atoms with Crippen LogP contribution in [-0.4, -0.2) is 41.7 Å². The molecule has 3 rings (SSSR count). The van der Waals surface area contributed by atoms with Crippen molar-refractivity contribution in [2.75, 3.05) is 26.4 Å². The van der Waals surface area contributed by atoms with Crippen LogP contribution in [0.15, 0.2) is 12.3 Å². The van der Waals surface area contributed by atoms with E-state index in [1.54, 1.807) is 0 Å². The fourth-order valence-electron chi connectivity index (χ4n) is 3.64. The first-order valence-corrected chi connectivity index (χ1v) is 7.67. The summed E-state index contributed by atoms with van der Waals surface area (Å²) in [4.78, 5) is 0. The minimum Gasteiger partial charge on any atom is -0.378 e. The van der Waals surface area contributed by atoms with E-state index in [1.165, 1.54) is 5.69 Å². The van der Waals surface area contributed by atoms with Gasteiger partial charge in [0.2, 0.25) is 0 Å². The van der Waals surface area contributed by atoms with Crippen LogP contribution in [0.2, 0.25) is 0 Å². The number of hydrogen-bond donors (Lipinski definition) is 1. The molecule has 1 aromatic rings. The number of aryl methyl sites for hydroxylation is 1. The van der Waals surface area contributed by atoms with E-state index >= 15 is 0 Å². The molecule has 0 amide bonds. The average molecular weight is 279 g/mol. The molecule has 1 N–H and O–H groups in total. The van der Waals surface area contributed by atoms with E-state index in [9.17, 15) is 0 Å². The molecule has 3 atom stereocenters. The summed E-state index contributed by atoms with van der Waals surface area (Å²) < 4.78 is 13.6. The van der Waals surface area contributed by atoms with E-state index in [1.807, 2.05) is 17.9 Å². The molecule has 0 aromatic carbocycles. The normalized spacial score (nSPS) is 31.8. The monoisotopic (exact) mass is 279 g/mol. The second kappa shape index (κ2) is 5.84. The van der Waals surface area contributed by atoms with Gasteiger partial charge in [-0.3, -0.25) is 4.68 Å². The van der Waals surface area contributed by atoms with Gasteiger partial charge < -0.3 is 14.8 Å². The summed E-state index contributed by atoms with van der Waals surface area (Å²) in [6.45, 7) is 5.57. The summed E-state index contributed by atoms with van der Waals surface area (Å²) >= 11 is 0. The van der Waals surface area contributed by atoms with E-state index in [0.717, 1.165) is 45.6 Å². The number of ether oxygens (including phenoxy) is 2. The van der Waals surface area contributed by atoms with Gasteiger partial charge in [0.1, 0.15) is 0 Å². The zero-order chi connectivity index (χ0) is 14.0. The van der Waals surface area contributed by atoms with Crippen LogP contribution in [0.25, 0.3) is 0 Å². The van der Waals surface area contributed by atoms with Crippen molar-refractivity contribution in [3.8, 4) is 0 Å². The van der Waals surface area contributed by atoms with Gasteiger partial charge in [-0.1, -0.05) is 6.92 Å². The fourth-order valence-corrected chi connectivity index (χ4v) is 3.64. The van der Waals surface area contributed by atoms with Gasteiger partial charge in [-0.2, -0.15) is 5.10 Å². The SMILES string of the molecule is CCNC(c1ccnn1C)C1CCOC2(CCOC2)C1. The summed E-state index contributed by atoms with van der Waals surface area (Å²) in [6, 6.07) is 2.48. The molecule has 1 spiro atoms. The molecule has 3 unspecified atom stereocenters. The van der Waals surface area contributed by atoms with Crippen molar-refractivity contribution in [3.63, 3.8) is 0 Å². The minimum atomic E-state index is -0.0326. The van der Waals surface area contributed by atoms with Crippen molar-refractivity contribution in [1.82, 2.24) is 15.1 Å². The van der Waals surface area contributed by atoms with Gasteiger partial charge in [0.25, 0.3) is 0 Å². The molecule has 0 aliphatic carbocycles. The van der Waals surface area contributed by atoms with Gasteiger partial charge in [0.05, 0.1) is 23.9 Å². The molecule has 0 saturated carbocycles. The molecule has 1 aromatic heterocycles. The van der Waals surface area contributed by atoms with Gasteiger partial charge in [-0.05, 0) is 31.4 Å². The molecule has 0 bridgehead atoms. The topological polar surface area (TPSA) is 48.3 Å². The van der Waals surface area contributed by atoms with E-state index in [-0.39, 0.29) is 5.60 Å². The predicted octanol–water partition coefficient (Wildman–Crippen LogP) is 1.66. The van der Waals surface area contributed by atoms with Crippen LogP contribution in [0.4, 0.5) is 0 Å². The van der Waals surface area contributed by atoms with Crippen molar-refractivity contribution in [2.45, 2.75) is 37.8 Å². The number of hydrogen-bond acceptors (Lipinski definition) is 4. The zero-order valence-electron chi connectivity index (χ0n) is 12.5. The summed E-state index contributed by atoms with van der Waals surface area (Å²) in [7, 11) is 2.02. The van der Waals surface area contributed by atoms with Crippen molar-refractivity contribution >= 4 is 0 Å². The lowest BCUT2D eigenvalue weighted by atomic mass is 9.80. The maximum atomic E-state index is 6.06. The van der Waals surface area contributed by atoms with Gasteiger partial charge >= 0.3 is 0 Å². The van der Waals surface area contributed by atoms with Crippen LogP contribution >= 0.6 is 0 Å². The Morgan fingerprint density at radius 3 is 3.10 bits per heavy atom. The molecule has 5 nitrogen and oxygen atoms in total. The molecule has 5 heteroatoms. The Labute approximate surface area is 120 Å². The molecular formula is C15H25N3O2. The van der Waals surface area contributed by atoms with E-state index in [0.29, 0.717) is 12.0 Å². The van der Waals surface area contributed by atoms with Crippen LogP contribution in [0, 0.1) is 5.92 Å². The highest BCUT2D eigenvalue weighted by Crippen LogP contribution is 2.40. The first-order valence-electron chi connectivity index (χ1n) is 7.67. The predicted molar refractivity (Wildman–Crippen MR) is 76.5 cm³/mol. The number of nitrogens with one attached hydrogen (secondary N) is 1. The summed E-state index contributed by atoms with van der Waals surface area (Å²) in [5.41, 5.74) is 1.24. The van der Waals surface area contributed by atoms with Gasteiger partial charge in [-0.25, -0.2) is 0 Å². The second-order valence-corrected chi connectivity index (χ2v) is 6.00. The largest absolute Gasteiger partial charge is 0.378 e. The van der Waals surface area contributed by atoms with Crippen molar-refractivity contribution in [1.29, 1.82) is 0 Å². The lowest BCUT2D eigenvalue weighted by Crippen LogP contribution is -2.44.